The lowest BCUT2D eigenvalue weighted by atomic mass is 10.2. The number of nitrogen functional groups attached to an aromatic ring is 1. The van der Waals surface area contributed by atoms with Gasteiger partial charge in [-0.15, -0.1) is 0 Å². The molecule has 3 N–H and O–H groups in total. The monoisotopic (exact) mass is 345 g/mol. The van der Waals surface area contributed by atoms with Gasteiger partial charge in [-0.1, -0.05) is 15.9 Å². The number of hydrogen-bond acceptors (Lipinski definition) is 5. The first kappa shape index (κ1) is 13.9. The fraction of sp³-hybridized carbons (Fsp3) is 0.182. The molecule has 19 heavy (non-hydrogen) atoms. The molecule has 2 aromatic rings. The molecule has 0 unspecified atom stereocenters. The number of oxazole rings is 1. The van der Waals surface area contributed by atoms with Gasteiger partial charge >= 0.3 is 6.01 Å². The smallest absolute Gasteiger partial charge is 0.309 e. The van der Waals surface area contributed by atoms with Crippen LogP contribution >= 0.6 is 15.9 Å². The van der Waals surface area contributed by atoms with Gasteiger partial charge in [0, 0.05) is 10.2 Å². The minimum absolute atomic E-state index is 0.0737. The Balaban J connectivity index is 2.45. The van der Waals surface area contributed by atoms with Gasteiger partial charge in [-0.2, -0.15) is 4.98 Å². The molecular formula is C11H12BrN3O3S. The molecule has 0 amide bonds. The molecule has 0 aliphatic rings. The molecule has 0 radical (unpaired) electrons. The molecule has 8 heteroatoms. The van der Waals surface area contributed by atoms with Crippen molar-refractivity contribution >= 4 is 37.7 Å². The van der Waals surface area contributed by atoms with Crippen molar-refractivity contribution in [1.82, 2.24) is 4.98 Å². The zero-order chi connectivity index (χ0) is 14.2. The Labute approximate surface area is 119 Å². The topological polar surface area (TPSA) is 98.2 Å². The number of aryl methyl sites for hydroxylation is 1. The summed E-state index contributed by atoms with van der Waals surface area (Å²) < 4.78 is 32.3. The van der Waals surface area contributed by atoms with Gasteiger partial charge in [0.25, 0.3) is 10.0 Å². The van der Waals surface area contributed by atoms with E-state index in [2.05, 4.69) is 25.6 Å². The van der Waals surface area contributed by atoms with Crippen LogP contribution in [0.1, 0.15) is 11.3 Å². The molecule has 0 aliphatic heterocycles. The van der Waals surface area contributed by atoms with Gasteiger partial charge < -0.3 is 10.2 Å². The number of hydrogen-bond donors (Lipinski definition) is 2. The summed E-state index contributed by atoms with van der Waals surface area (Å²) in [6, 6.07) is 3.04. The van der Waals surface area contributed by atoms with Crippen molar-refractivity contribution in [3.05, 3.63) is 34.1 Å². The normalized spacial score (nSPS) is 11.5. The number of halogens is 1. The van der Waals surface area contributed by atoms with Crippen LogP contribution in [0.2, 0.25) is 0 Å². The Bertz CT molecular complexity index is 725. The van der Waals surface area contributed by atoms with Crippen LogP contribution in [0.4, 0.5) is 11.7 Å². The van der Waals surface area contributed by atoms with Gasteiger partial charge in [-0.3, -0.25) is 0 Å². The Morgan fingerprint density at radius 1 is 1.37 bits per heavy atom. The van der Waals surface area contributed by atoms with E-state index in [1.54, 1.807) is 19.9 Å². The third-order valence-corrected chi connectivity index (χ3v) is 4.40. The second-order valence-electron chi connectivity index (χ2n) is 4.02. The Morgan fingerprint density at radius 2 is 2.05 bits per heavy atom. The molecular weight excluding hydrogens is 334 g/mol. The lowest BCUT2D eigenvalue weighted by Gasteiger charge is -2.10. The second kappa shape index (κ2) is 4.86. The summed E-state index contributed by atoms with van der Waals surface area (Å²) in [5, 5.41) is 0. The minimum atomic E-state index is -3.79. The van der Waals surface area contributed by atoms with E-state index in [0.29, 0.717) is 21.4 Å². The summed E-state index contributed by atoms with van der Waals surface area (Å²) in [6.45, 7) is 3.33. The van der Waals surface area contributed by atoms with Crippen molar-refractivity contribution in [2.24, 2.45) is 0 Å². The molecule has 0 bridgehead atoms. The molecule has 1 aromatic carbocycles. The van der Waals surface area contributed by atoms with Crippen LogP contribution in [-0.2, 0) is 10.0 Å². The lowest BCUT2D eigenvalue weighted by Crippen LogP contribution is -2.15. The van der Waals surface area contributed by atoms with Crippen molar-refractivity contribution in [3.8, 4) is 0 Å². The van der Waals surface area contributed by atoms with Crippen molar-refractivity contribution in [2.45, 2.75) is 18.7 Å². The van der Waals surface area contributed by atoms with E-state index in [1.807, 2.05) is 0 Å². The van der Waals surface area contributed by atoms with Crippen LogP contribution in [0.25, 0.3) is 0 Å². The first-order valence-electron chi connectivity index (χ1n) is 5.30. The van der Waals surface area contributed by atoms with Gasteiger partial charge in [-0.25, -0.2) is 13.1 Å². The number of rotatable bonds is 3. The molecule has 1 aromatic heterocycles. The number of anilines is 2. The lowest BCUT2D eigenvalue weighted by molar-refractivity contribution is 0.569. The third-order valence-electron chi connectivity index (χ3n) is 2.50. The number of nitrogens with zero attached hydrogens (tertiary/aromatic N) is 1. The maximum absolute atomic E-state index is 12.2. The van der Waals surface area contributed by atoms with Gasteiger partial charge in [0.05, 0.1) is 10.6 Å². The highest BCUT2D eigenvalue weighted by molar-refractivity contribution is 9.10. The van der Waals surface area contributed by atoms with Crippen LogP contribution in [0.5, 0.6) is 0 Å². The average Bonchev–Trinajstić information content (AvgIpc) is 2.68. The van der Waals surface area contributed by atoms with Gasteiger partial charge in [0.2, 0.25) is 0 Å². The van der Waals surface area contributed by atoms with Crippen molar-refractivity contribution in [2.75, 3.05) is 10.5 Å². The summed E-state index contributed by atoms with van der Waals surface area (Å²) in [5.41, 5.74) is 7.20. The van der Waals surface area contributed by atoms with E-state index >= 15 is 0 Å². The average molecular weight is 346 g/mol. The number of sulfonamides is 1. The zero-order valence-corrected chi connectivity index (χ0v) is 12.7. The van der Waals surface area contributed by atoms with Gasteiger partial charge in [0.1, 0.15) is 6.26 Å². The summed E-state index contributed by atoms with van der Waals surface area (Å²) in [5.74, 6) is 0. The fourth-order valence-electron chi connectivity index (χ4n) is 1.52. The third kappa shape index (κ3) is 2.90. The standard InChI is InChI=1S/C11H12BrN3O3S/c1-6-5-18-11(14-6)15-19(16,17)10-4-8(12)3-9(13)7(10)2/h3-5H,13H2,1-2H3,(H,14,15). The van der Waals surface area contributed by atoms with Crippen LogP contribution in [0, 0.1) is 13.8 Å². The SMILES string of the molecule is Cc1coc(NS(=O)(=O)c2cc(Br)cc(N)c2C)n1. The number of nitrogens with one attached hydrogen (secondary N) is 1. The highest BCUT2D eigenvalue weighted by Crippen LogP contribution is 2.27. The quantitative estimate of drug-likeness (QED) is 0.832. The second-order valence-corrected chi connectivity index (χ2v) is 6.58. The van der Waals surface area contributed by atoms with E-state index in [1.165, 1.54) is 12.3 Å². The van der Waals surface area contributed by atoms with Crippen LogP contribution in [0.3, 0.4) is 0 Å². The molecule has 0 spiro atoms. The van der Waals surface area contributed by atoms with Crippen molar-refractivity contribution in [3.63, 3.8) is 0 Å². The van der Waals surface area contributed by atoms with Gasteiger partial charge in [0.15, 0.2) is 0 Å². The highest BCUT2D eigenvalue weighted by Gasteiger charge is 2.21. The molecule has 102 valence electrons. The van der Waals surface area contributed by atoms with Crippen molar-refractivity contribution in [1.29, 1.82) is 0 Å². The molecule has 2 rings (SSSR count). The van der Waals surface area contributed by atoms with E-state index in [9.17, 15) is 8.42 Å². The number of nitrogens with two attached hydrogens (primary N) is 1. The van der Waals surface area contributed by atoms with E-state index in [0.717, 1.165) is 0 Å². The molecule has 6 nitrogen and oxygen atoms in total. The van der Waals surface area contributed by atoms with Crippen molar-refractivity contribution < 1.29 is 12.8 Å². The minimum Gasteiger partial charge on any atom is -0.431 e. The molecule has 0 saturated heterocycles. The van der Waals surface area contributed by atoms with Crippen LogP contribution < -0.4 is 10.5 Å². The van der Waals surface area contributed by atoms with Crippen LogP contribution in [0.15, 0.2) is 32.2 Å². The maximum Gasteiger partial charge on any atom is 0.309 e. The fourth-order valence-corrected chi connectivity index (χ4v) is 3.39. The largest absolute Gasteiger partial charge is 0.431 e. The molecule has 0 fully saturated rings. The predicted octanol–water partition coefficient (Wildman–Crippen LogP) is 2.44. The summed E-state index contributed by atoms with van der Waals surface area (Å²) in [7, 11) is -3.79. The van der Waals surface area contributed by atoms with Gasteiger partial charge in [-0.05, 0) is 31.5 Å². The predicted molar refractivity (Wildman–Crippen MR) is 75.3 cm³/mol. The summed E-state index contributed by atoms with van der Waals surface area (Å²) >= 11 is 3.22. The molecule has 0 saturated carbocycles. The Kier molecular flexibility index (Phi) is 3.55. The maximum atomic E-state index is 12.2. The molecule has 1 heterocycles. The Morgan fingerprint density at radius 3 is 2.63 bits per heavy atom. The Hall–Kier alpha value is -1.54. The number of aromatic nitrogens is 1. The first-order chi connectivity index (χ1) is 8.79. The first-order valence-corrected chi connectivity index (χ1v) is 7.58. The van der Waals surface area contributed by atoms with E-state index < -0.39 is 10.0 Å². The van der Waals surface area contributed by atoms with Crippen LogP contribution in [-0.4, -0.2) is 13.4 Å². The van der Waals surface area contributed by atoms with E-state index in [-0.39, 0.29) is 10.9 Å². The highest BCUT2D eigenvalue weighted by atomic mass is 79.9. The summed E-state index contributed by atoms with van der Waals surface area (Å²) in [6.07, 6.45) is 1.36. The number of benzene rings is 1. The molecule has 0 aliphatic carbocycles. The van der Waals surface area contributed by atoms with E-state index in [4.69, 9.17) is 10.2 Å². The zero-order valence-electron chi connectivity index (χ0n) is 10.3. The molecule has 0 atom stereocenters. The summed E-state index contributed by atoms with van der Waals surface area (Å²) in [4.78, 5) is 3.97.